The summed E-state index contributed by atoms with van der Waals surface area (Å²) in [4.78, 5) is 74.0. The van der Waals surface area contributed by atoms with Crippen molar-refractivity contribution in [2.24, 2.45) is 21.1 Å². The molecule has 0 saturated heterocycles. The molecule has 0 radical (unpaired) electrons. The molecule has 0 bridgehead atoms. The standard InChI is InChI=1S/C72H72N12O7S2/c1-78-42-45(39-53(78)68(87)74-31-30-73-62(85)24-6-4-12-32-81-34-26-47-64-51(81)18-14-20-56(64)90-58-28-36-83-49-16-8-10-22-60(49)92-71(83)66(47)58)76-70(89)55-40-46(43-80(55)3)77-69(88)54-38-44(41-79(54)2)75-63(86)25-7-5-13-33-82-35-27-48-65-52(82)19-15-21-57(65)91-59-29-37-84-50-17-9-11-23-61(50)93-72(84)67(48)59/h8-11,14-17,19-23,26-27,34-35,38-43,56,58-59H,4-7,12-13,18,24-25,28-33,36-37H2,1-3H3,(H3-2,73,74,75,76,77,85,86,87,88,89)/p+2. The molecule has 0 spiro atoms. The number of fused-ring (bicyclic) bond motifs is 10. The van der Waals surface area contributed by atoms with Crippen LogP contribution >= 0.6 is 23.5 Å². The van der Waals surface area contributed by atoms with Gasteiger partial charge in [-0.1, -0.05) is 66.0 Å². The lowest BCUT2D eigenvalue weighted by molar-refractivity contribution is -0.704. The third-order valence-corrected chi connectivity index (χ3v) is 21.2. The molecule has 93 heavy (non-hydrogen) atoms. The highest BCUT2D eigenvalue weighted by atomic mass is 32.2. The molecule has 8 aromatic rings. The first-order valence-corrected chi connectivity index (χ1v) is 34.1. The molecule has 1 aliphatic carbocycles. The fourth-order valence-corrected chi connectivity index (χ4v) is 17.0. The number of hydrogen-bond donors (Lipinski definition) is 5. The van der Waals surface area contributed by atoms with Gasteiger partial charge in [-0.3, -0.25) is 24.0 Å². The van der Waals surface area contributed by atoms with Crippen molar-refractivity contribution < 1.29 is 42.6 Å². The summed E-state index contributed by atoms with van der Waals surface area (Å²) in [6.45, 7) is 4.07. The molecule has 15 rings (SSSR count). The Bertz CT molecular complexity index is 4480. The lowest BCUT2D eigenvalue weighted by Gasteiger charge is -2.40. The molecule has 7 aliphatic rings. The number of aromatic nitrogens is 5. The van der Waals surface area contributed by atoms with E-state index < -0.39 is 11.8 Å². The minimum atomic E-state index is -0.440. The summed E-state index contributed by atoms with van der Waals surface area (Å²) >= 11 is 3.70. The van der Waals surface area contributed by atoms with Crippen molar-refractivity contribution in [3.63, 3.8) is 0 Å². The van der Waals surface area contributed by atoms with Crippen molar-refractivity contribution in [1.82, 2.24) is 24.3 Å². The predicted molar refractivity (Wildman–Crippen MR) is 361 cm³/mol. The number of anilines is 5. The van der Waals surface area contributed by atoms with Crippen LogP contribution in [-0.2, 0) is 55.0 Å². The number of allylic oxidation sites excluding steroid dienone is 1. The van der Waals surface area contributed by atoms with Gasteiger partial charge < -0.3 is 59.6 Å². The molecule has 0 fully saturated rings. The zero-order valence-electron chi connectivity index (χ0n) is 52.3. The van der Waals surface area contributed by atoms with Crippen molar-refractivity contribution >= 4 is 104 Å². The molecule has 6 aliphatic heterocycles. The Hall–Kier alpha value is -9.31. The molecule has 5 aromatic heterocycles. The summed E-state index contributed by atoms with van der Waals surface area (Å²) in [6, 6.07) is 33.0. The highest BCUT2D eigenvalue weighted by molar-refractivity contribution is 8.04. The lowest BCUT2D eigenvalue weighted by atomic mass is 9.84. The van der Waals surface area contributed by atoms with Crippen LogP contribution in [0.25, 0.3) is 22.0 Å². The summed E-state index contributed by atoms with van der Waals surface area (Å²) in [5.41, 5.74) is 13.7. The number of para-hydroxylation sites is 2. The van der Waals surface area contributed by atoms with E-state index in [4.69, 9.17) is 9.47 Å². The van der Waals surface area contributed by atoms with Gasteiger partial charge in [0.05, 0.1) is 62.0 Å². The van der Waals surface area contributed by atoms with E-state index in [2.05, 4.69) is 149 Å². The van der Waals surface area contributed by atoms with E-state index >= 15 is 0 Å². The quantitative estimate of drug-likeness (QED) is 0.0261. The van der Waals surface area contributed by atoms with Crippen molar-refractivity contribution in [2.45, 2.75) is 112 Å². The van der Waals surface area contributed by atoms with Crippen LogP contribution in [0.5, 0.6) is 5.75 Å². The number of aryl methyl sites for hydroxylation is 5. The molecule has 0 saturated carbocycles. The second kappa shape index (κ2) is 25.3. The maximum atomic E-state index is 13.6. The van der Waals surface area contributed by atoms with Crippen LogP contribution in [0.15, 0.2) is 160 Å². The number of rotatable bonds is 21. The number of thioether (sulfide) groups is 2. The number of nitrogens with one attached hydrogen (secondary N) is 5. The number of benzene rings is 3. The Morgan fingerprint density at radius 3 is 1.80 bits per heavy atom. The highest BCUT2D eigenvalue weighted by Gasteiger charge is 2.45. The summed E-state index contributed by atoms with van der Waals surface area (Å²) in [6.07, 6.45) is 22.5. The van der Waals surface area contributed by atoms with E-state index in [1.165, 1.54) is 64.8 Å². The number of unbranched alkanes of at least 4 members (excludes halogenated alkanes) is 4. The van der Waals surface area contributed by atoms with Crippen LogP contribution in [0.1, 0.15) is 124 Å². The van der Waals surface area contributed by atoms with E-state index in [0.717, 1.165) is 94.2 Å². The normalized spacial score (nSPS) is 17.6. The first kappa shape index (κ1) is 60.0. The largest absolute Gasteiger partial charge is 0.485 e. The van der Waals surface area contributed by atoms with Gasteiger partial charge >= 0.3 is 0 Å². The Balaban J connectivity index is 0.472. The van der Waals surface area contributed by atoms with Crippen LogP contribution < -0.4 is 50.3 Å². The number of carbonyl (C=O) groups is 5. The first-order valence-electron chi connectivity index (χ1n) is 32.4. The first-order chi connectivity index (χ1) is 45.4. The van der Waals surface area contributed by atoms with Gasteiger partial charge in [-0.05, 0) is 80.6 Å². The Kier molecular flexibility index (Phi) is 16.3. The second-order valence-corrected chi connectivity index (χ2v) is 27.0. The summed E-state index contributed by atoms with van der Waals surface area (Å²) < 4.78 is 23.1. The summed E-state index contributed by atoms with van der Waals surface area (Å²) in [5.74, 6) is -0.455. The topological polar surface area (TPSA) is 193 Å². The summed E-state index contributed by atoms with van der Waals surface area (Å²) in [7, 11) is 5.15. The average Bonchev–Trinajstić information content (AvgIpc) is 1.66. The van der Waals surface area contributed by atoms with Gasteiger partial charge in [0.15, 0.2) is 18.1 Å². The molecule has 21 heteroatoms. The Labute approximate surface area is 547 Å². The minimum Gasteiger partial charge on any atom is -0.485 e. The fraction of sp³-hybridized carbons (Fsp3) is 0.319. The van der Waals surface area contributed by atoms with Crippen molar-refractivity contribution in [1.29, 1.82) is 0 Å². The number of ether oxygens (including phenoxy) is 2. The van der Waals surface area contributed by atoms with Crippen LogP contribution in [0, 0.1) is 0 Å². The van der Waals surface area contributed by atoms with E-state index in [-0.39, 0.29) is 54.8 Å². The van der Waals surface area contributed by atoms with Crippen molar-refractivity contribution in [3.8, 4) is 5.75 Å². The Morgan fingerprint density at radius 2 is 1.13 bits per heavy atom. The van der Waals surface area contributed by atoms with Gasteiger partial charge in [-0.2, -0.15) is 4.57 Å². The lowest BCUT2D eigenvalue weighted by Crippen LogP contribution is -2.44. The monoisotopic (exact) mass is 1280 g/mol. The zero-order chi connectivity index (χ0) is 63.4. The molecular weight excluding hydrogens is 1210 g/mol. The van der Waals surface area contributed by atoms with E-state index in [0.29, 0.717) is 47.7 Å². The molecule has 474 valence electrons. The molecule has 11 heterocycles. The number of hydrogen-bond acceptors (Lipinski definition) is 11. The SMILES string of the molecule is Cn1cc(NC(=O)c2cc(NC(=O)c3cc(NC(=O)CCCCC[n+]4ccc5c6c(cccc64)OC4CCN6C(=C54)Sc4ccccc46)cn3C)cn2C)cc1C(=O)NCCNC(=O)CCCCC[n+]1ccc2c3c1CC=CC3OC1CCN3C(=C21)Sc1ccccc13. The highest BCUT2D eigenvalue weighted by Crippen LogP contribution is 2.56. The van der Waals surface area contributed by atoms with Gasteiger partial charge in [-0.25, -0.2) is 4.57 Å². The Morgan fingerprint density at radius 1 is 0.570 bits per heavy atom. The molecule has 3 unspecified atom stereocenters. The minimum absolute atomic E-state index is 0.0250. The molecule has 19 nitrogen and oxygen atoms in total. The van der Waals surface area contributed by atoms with Gasteiger partial charge in [0.2, 0.25) is 17.3 Å². The second-order valence-electron chi connectivity index (χ2n) is 25.0. The number of nitrogens with zero attached hydrogens (tertiary/aromatic N) is 7. The van der Waals surface area contributed by atoms with E-state index in [9.17, 15) is 24.0 Å². The molecule has 5 N–H and O–H groups in total. The molecule has 5 amide bonds. The third kappa shape index (κ3) is 11.6. The predicted octanol–water partition coefficient (Wildman–Crippen LogP) is 10.9. The van der Waals surface area contributed by atoms with Gasteiger partial charge in [0.1, 0.15) is 48.1 Å². The zero-order valence-corrected chi connectivity index (χ0v) is 54.0. The van der Waals surface area contributed by atoms with E-state index in [1.54, 1.807) is 71.6 Å². The van der Waals surface area contributed by atoms with Gasteiger partial charge in [0, 0.05) is 148 Å². The number of carbonyl (C=O) groups excluding carboxylic acids is 5. The molecule has 3 aromatic carbocycles. The maximum Gasteiger partial charge on any atom is 0.272 e. The fourth-order valence-electron chi connectivity index (χ4n) is 14.4. The third-order valence-electron chi connectivity index (χ3n) is 18.8. The smallest absolute Gasteiger partial charge is 0.272 e. The van der Waals surface area contributed by atoms with Crippen LogP contribution in [0.3, 0.4) is 0 Å². The van der Waals surface area contributed by atoms with Gasteiger partial charge in [0.25, 0.3) is 17.7 Å². The van der Waals surface area contributed by atoms with Crippen LogP contribution in [-0.4, -0.2) is 81.6 Å². The molecule has 3 atom stereocenters. The van der Waals surface area contributed by atoms with Crippen molar-refractivity contribution in [2.75, 3.05) is 51.9 Å². The molecular formula is C72H74N12O7S2+2. The average molecular weight is 1280 g/mol. The van der Waals surface area contributed by atoms with Crippen molar-refractivity contribution in [3.05, 3.63) is 190 Å². The van der Waals surface area contributed by atoms with Crippen LogP contribution in [0.2, 0.25) is 0 Å². The summed E-state index contributed by atoms with van der Waals surface area (Å²) in [5, 5.41) is 18.3. The maximum absolute atomic E-state index is 13.6. The number of amides is 5. The van der Waals surface area contributed by atoms with E-state index in [1.807, 2.05) is 23.5 Å². The number of pyridine rings is 2. The van der Waals surface area contributed by atoms with Crippen LogP contribution in [0.4, 0.5) is 28.4 Å². The van der Waals surface area contributed by atoms with Gasteiger partial charge in [-0.15, -0.1) is 0 Å².